The summed E-state index contributed by atoms with van der Waals surface area (Å²) in [4.78, 5) is 4.52. The summed E-state index contributed by atoms with van der Waals surface area (Å²) < 4.78 is 14.2. The minimum atomic E-state index is 0.981. The van der Waals surface area contributed by atoms with Crippen LogP contribution < -0.4 is 0 Å². The van der Waals surface area contributed by atoms with Gasteiger partial charge in [0.2, 0.25) is 0 Å². The van der Waals surface area contributed by atoms with Crippen molar-refractivity contribution in [3.8, 4) is 123 Å². The first-order chi connectivity index (χ1) is 73.4. The first-order valence-electron chi connectivity index (χ1n) is 50.8. The van der Waals surface area contributed by atoms with Crippen molar-refractivity contribution >= 4 is 142 Å². The summed E-state index contributed by atoms with van der Waals surface area (Å²) in [5.41, 5.74) is 40.7. The van der Waals surface area contributed by atoms with Gasteiger partial charge in [-0.15, -0.1) is 0 Å². The van der Waals surface area contributed by atoms with Crippen LogP contribution in [0.25, 0.3) is 265 Å². The molecule has 30 aromatic rings. The molecule has 692 valence electrons. The number of para-hydroxylation sites is 10. The van der Waals surface area contributed by atoms with Crippen molar-refractivity contribution in [3.05, 3.63) is 564 Å². The average Bonchev–Trinajstić information content (AvgIpc) is 1.59. The van der Waals surface area contributed by atoms with Crippen LogP contribution in [0.1, 0.15) is 0 Å². The number of fused-ring (bicyclic) bond motifs is 19. The Bertz CT molecular complexity index is 10100. The first-order valence-corrected chi connectivity index (χ1v) is 50.8. The van der Waals surface area contributed by atoms with E-state index < -0.39 is 0 Å². The van der Waals surface area contributed by atoms with Crippen molar-refractivity contribution in [2.75, 3.05) is 0 Å². The van der Waals surface area contributed by atoms with E-state index in [2.05, 4.69) is 572 Å². The van der Waals surface area contributed by atoms with E-state index >= 15 is 0 Å². The molecule has 30 rings (SSSR count). The van der Waals surface area contributed by atoms with E-state index in [1.807, 2.05) is 24.4 Å². The van der Waals surface area contributed by atoms with Crippen LogP contribution in [0.2, 0.25) is 0 Å². The van der Waals surface area contributed by atoms with E-state index in [-0.39, 0.29) is 0 Å². The largest absolute Gasteiger partial charge is 0.309 e. The van der Waals surface area contributed by atoms with E-state index in [1.165, 1.54) is 242 Å². The molecule has 0 unspecified atom stereocenters. The highest BCUT2D eigenvalue weighted by Gasteiger charge is 2.23. The van der Waals surface area contributed by atoms with Gasteiger partial charge in [-0.05, 0) is 289 Å². The van der Waals surface area contributed by atoms with Crippen molar-refractivity contribution in [3.63, 3.8) is 0 Å². The quantitative estimate of drug-likeness (QED) is 0.107. The van der Waals surface area contributed by atoms with Crippen LogP contribution in [-0.4, -0.2) is 32.4 Å². The standard InChI is InChI=1S/C52H34N2.C48H32N2.C41H27N3/c1-2-12-43(13-3-1)53-49-16-8-6-14-45(49)47-33-41(26-30-51(47)53)36-18-20-37(21-19-36)42-27-31-52-48(34-42)46-15-7-9-17-50(46)54(52)44-28-24-38(25-29-44)40-23-22-35-10-4-5-11-39(35)32-40;1-3-11-39(12-4-1)49-45-17-9-7-15-41(45)43-31-37(27-29-47(43)49)35-23-19-33(20-24-35)34-21-25-36(26-22-34)38-28-30-48-44(32-38)42-16-8-10-18-46(42)50(48)40-13-5-2-6-14-40;1-2-10-31(11-3-1)43-38-15-6-4-12-33(38)35-26-29(19-23-40(35)43)30-20-24-41-36(27-30)34-13-5-7-16-39(34)44(41)32-21-17-28(18-22-32)37-14-8-9-25-42-37/h1-34H;1-32H;1-27H. The topological polar surface area (TPSA) is 42.5 Å². The summed E-state index contributed by atoms with van der Waals surface area (Å²) >= 11 is 0. The van der Waals surface area contributed by atoms with Gasteiger partial charge >= 0.3 is 0 Å². The van der Waals surface area contributed by atoms with E-state index in [4.69, 9.17) is 0 Å². The van der Waals surface area contributed by atoms with E-state index in [0.29, 0.717) is 0 Å². The summed E-state index contributed by atoms with van der Waals surface area (Å²) in [5, 5.41) is 17.7. The Morgan fingerprint density at radius 2 is 0.291 bits per heavy atom. The molecule has 7 heteroatoms. The van der Waals surface area contributed by atoms with Crippen LogP contribution in [0.3, 0.4) is 0 Å². The van der Waals surface area contributed by atoms with Crippen LogP contribution in [0.4, 0.5) is 0 Å². The molecule has 0 aliphatic heterocycles. The van der Waals surface area contributed by atoms with Crippen LogP contribution in [0, 0.1) is 0 Å². The van der Waals surface area contributed by atoms with Gasteiger partial charge in [-0.2, -0.15) is 0 Å². The summed E-state index contributed by atoms with van der Waals surface area (Å²) in [5.74, 6) is 0. The molecule has 0 spiro atoms. The zero-order chi connectivity index (χ0) is 97.6. The van der Waals surface area contributed by atoms with Crippen molar-refractivity contribution in [1.82, 2.24) is 32.4 Å². The fourth-order valence-corrected chi connectivity index (χ4v) is 22.9. The van der Waals surface area contributed by atoms with Crippen molar-refractivity contribution in [2.24, 2.45) is 0 Å². The number of hydrogen-bond acceptors (Lipinski definition) is 1. The average molecular weight is 1890 g/mol. The highest BCUT2D eigenvalue weighted by molar-refractivity contribution is 6.17. The summed E-state index contributed by atoms with van der Waals surface area (Å²) in [6.07, 6.45) is 1.84. The normalized spacial score (nSPS) is 11.6. The molecule has 0 saturated carbocycles. The van der Waals surface area contributed by atoms with Crippen LogP contribution in [-0.2, 0) is 0 Å². The lowest BCUT2D eigenvalue weighted by Crippen LogP contribution is -1.94. The van der Waals surface area contributed by atoms with Crippen LogP contribution in [0.5, 0.6) is 0 Å². The van der Waals surface area contributed by atoms with E-state index in [0.717, 1.165) is 22.6 Å². The van der Waals surface area contributed by atoms with Crippen molar-refractivity contribution in [2.45, 2.75) is 0 Å². The van der Waals surface area contributed by atoms with Gasteiger partial charge in [-0.3, -0.25) is 4.98 Å². The highest BCUT2D eigenvalue weighted by Crippen LogP contribution is 2.46. The van der Waals surface area contributed by atoms with Gasteiger partial charge in [0.15, 0.2) is 0 Å². The molecule has 23 aromatic carbocycles. The summed E-state index contributed by atoms with van der Waals surface area (Å²) in [6, 6.07) is 202. The number of hydrogen-bond donors (Lipinski definition) is 0. The number of aromatic nitrogens is 7. The predicted molar refractivity (Wildman–Crippen MR) is 624 cm³/mol. The minimum absolute atomic E-state index is 0.981. The lowest BCUT2D eigenvalue weighted by molar-refractivity contribution is 1.18. The smallest absolute Gasteiger partial charge is 0.0701 e. The maximum Gasteiger partial charge on any atom is 0.0701 e. The molecule has 0 aliphatic carbocycles. The molecule has 0 saturated heterocycles. The summed E-state index contributed by atoms with van der Waals surface area (Å²) in [6.45, 7) is 0. The zero-order valence-corrected chi connectivity index (χ0v) is 80.8. The molecule has 0 fully saturated rings. The third kappa shape index (κ3) is 15.1. The van der Waals surface area contributed by atoms with E-state index in [1.54, 1.807) is 0 Å². The maximum absolute atomic E-state index is 4.52. The molecule has 0 amide bonds. The van der Waals surface area contributed by atoms with Gasteiger partial charge in [0.05, 0.1) is 71.9 Å². The Morgan fingerprint density at radius 3 is 0.554 bits per heavy atom. The highest BCUT2D eigenvalue weighted by atomic mass is 15.0. The molecular formula is C141H93N7. The molecule has 7 heterocycles. The molecule has 0 atom stereocenters. The zero-order valence-electron chi connectivity index (χ0n) is 80.8. The fraction of sp³-hybridized carbons (Fsp3) is 0. The Morgan fingerprint density at radius 1 is 0.108 bits per heavy atom. The molecule has 0 radical (unpaired) electrons. The third-order valence-electron chi connectivity index (χ3n) is 30.0. The molecule has 148 heavy (non-hydrogen) atoms. The Labute approximate surface area is 855 Å². The fourth-order valence-electron chi connectivity index (χ4n) is 22.9. The molecular weight excluding hydrogens is 1790 g/mol. The second-order valence-corrected chi connectivity index (χ2v) is 38.5. The van der Waals surface area contributed by atoms with Gasteiger partial charge in [0.25, 0.3) is 0 Å². The SMILES string of the molecule is c1ccc(-n2c3ccccc3c3cc(-c4ccc(-c5ccc(-c6ccc7c(c6)c6ccccc6n7-c6ccccc6)cc5)cc4)ccc32)cc1.c1ccc(-n2c3ccccc3c3cc(-c4ccc(-c5ccc6c(c5)c5ccccc5n6-c5ccc(-c6ccc7ccccc7c6)cc5)cc4)ccc32)cc1.c1ccc(-n2c3ccccc3c3cc(-c4ccc5c(c4)c4ccccc4n5-c4ccc(-c5ccccn5)cc4)ccc32)cc1. The van der Waals surface area contributed by atoms with Gasteiger partial charge in [0, 0.05) is 111 Å². The number of pyridine rings is 1. The minimum Gasteiger partial charge on any atom is -0.309 e. The molecule has 0 bridgehead atoms. The first kappa shape index (κ1) is 86.2. The second kappa shape index (κ2) is 36.4. The molecule has 0 aliphatic rings. The van der Waals surface area contributed by atoms with Gasteiger partial charge < -0.3 is 27.4 Å². The Balaban J connectivity index is 0.000000108. The molecule has 7 aromatic heterocycles. The monoisotopic (exact) mass is 1880 g/mol. The van der Waals surface area contributed by atoms with Crippen molar-refractivity contribution < 1.29 is 0 Å². The number of benzene rings is 23. The second-order valence-electron chi connectivity index (χ2n) is 38.5. The Hall–Kier alpha value is -19.7. The predicted octanol–water partition coefficient (Wildman–Crippen LogP) is 37.5. The molecule has 7 nitrogen and oxygen atoms in total. The third-order valence-corrected chi connectivity index (χ3v) is 30.0. The van der Waals surface area contributed by atoms with Gasteiger partial charge in [0.1, 0.15) is 0 Å². The van der Waals surface area contributed by atoms with Gasteiger partial charge in [-0.1, -0.05) is 358 Å². The van der Waals surface area contributed by atoms with E-state index in [9.17, 15) is 0 Å². The Kier molecular flexibility index (Phi) is 21.2. The lowest BCUT2D eigenvalue weighted by atomic mass is 9.97. The van der Waals surface area contributed by atoms with Gasteiger partial charge in [-0.25, -0.2) is 0 Å². The maximum atomic E-state index is 4.52. The number of rotatable bonds is 14. The number of nitrogens with zero attached hydrogens (tertiary/aromatic N) is 7. The molecule has 0 N–H and O–H groups in total. The van der Waals surface area contributed by atoms with Crippen molar-refractivity contribution in [1.29, 1.82) is 0 Å². The summed E-state index contributed by atoms with van der Waals surface area (Å²) in [7, 11) is 0. The van der Waals surface area contributed by atoms with Crippen LogP contribution in [0.15, 0.2) is 564 Å². The van der Waals surface area contributed by atoms with Crippen LogP contribution >= 0.6 is 0 Å². The lowest BCUT2D eigenvalue weighted by Gasteiger charge is -2.11.